The highest BCUT2D eigenvalue weighted by Gasteiger charge is 2.30. The van der Waals surface area contributed by atoms with E-state index in [1.807, 2.05) is 36.4 Å². The van der Waals surface area contributed by atoms with E-state index in [0.717, 1.165) is 0 Å². The van der Waals surface area contributed by atoms with Gasteiger partial charge in [-0.2, -0.15) is 0 Å². The van der Waals surface area contributed by atoms with Crippen LogP contribution in [-0.4, -0.2) is 10.2 Å². The molecule has 4 aromatic carbocycles. The van der Waals surface area contributed by atoms with E-state index in [4.69, 9.17) is 32.2 Å². The van der Waals surface area contributed by atoms with E-state index < -0.39 is 8.25 Å². The number of benzene rings is 4. The molecule has 0 atom stereocenters. The van der Waals surface area contributed by atoms with Crippen molar-refractivity contribution in [3.8, 4) is 45.3 Å². The van der Waals surface area contributed by atoms with E-state index in [1.54, 1.807) is 36.4 Å². The molecule has 160 valence electrons. The maximum Gasteiger partial charge on any atom is 0.805 e. The zero-order chi connectivity index (χ0) is 22.7. The smallest absolute Gasteiger partial charge is 0.504 e. The van der Waals surface area contributed by atoms with Crippen molar-refractivity contribution in [2.45, 2.75) is 0 Å². The summed E-state index contributed by atoms with van der Waals surface area (Å²) < 4.78 is 23.3. The molecule has 0 amide bonds. The highest BCUT2D eigenvalue weighted by molar-refractivity contribution is 7.34. The Kier molecular flexibility index (Phi) is 6.52. The molecule has 0 aliphatic rings. The standard InChI is InChI=1S/C24H15Cl2O5P/c25-17-11-19(15-7-3-1-4-8-15)23(27)21(13-17)30-32(29)31-22-14-18(26)12-20(24(22)28)16-9-5-2-6-10-16/h1-14H,(H-,27,28)/p+1. The molecule has 8 heteroatoms. The third-order valence-electron chi connectivity index (χ3n) is 4.59. The normalized spacial score (nSPS) is 10.6. The van der Waals surface area contributed by atoms with Crippen molar-refractivity contribution in [3.63, 3.8) is 0 Å². The van der Waals surface area contributed by atoms with Crippen LogP contribution in [0.5, 0.6) is 23.0 Å². The molecule has 0 unspecified atom stereocenters. The Morgan fingerprint density at radius 3 is 1.38 bits per heavy atom. The van der Waals surface area contributed by atoms with E-state index in [9.17, 15) is 14.8 Å². The molecule has 4 aromatic rings. The van der Waals surface area contributed by atoms with Gasteiger partial charge in [-0.05, 0) is 23.3 Å². The highest BCUT2D eigenvalue weighted by Crippen LogP contribution is 2.46. The third-order valence-corrected chi connectivity index (χ3v) is 5.72. The van der Waals surface area contributed by atoms with Gasteiger partial charge in [0.05, 0.1) is 0 Å². The van der Waals surface area contributed by atoms with Crippen molar-refractivity contribution in [2.75, 3.05) is 0 Å². The minimum Gasteiger partial charge on any atom is -0.504 e. The molecule has 0 saturated heterocycles. The summed E-state index contributed by atoms with van der Waals surface area (Å²) in [5.74, 6) is -0.731. The van der Waals surface area contributed by atoms with Crippen LogP contribution in [0.25, 0.3) is 22.3 Å². The molecule has 0 heterocycles. The van der Waals surface area contributed by atoms with E-state index >= 15 is 0 Å². The number of phenols is 2. The van der Waals surface area contributed by atoms with Crippen LogP contribution in [-0.2, 0) is 4.57 Å². The van der Waals surface area contributed by atoms with E-state index in [1.165, 1.54) is 12.1 Å². The molecule has 0 bridgehead atoms. The van der Waals surface area contributed by atoms with Gasteiger partial charge in [0.2, 0.25) is 11.5 Å². The van der Waals surface area contributed by atoms with E-state index in [-0.39, 0.29) is 33.0 Å². The Labute approximate surface area is 195 Å². The monoisotopic (exact) mass is 485 g/mol. The Morgan fingerprint density at radius 2 is 1.00 bits per heavy atom. The third kappa shape index (κ3) is 4.81. The van der Waals surface area contributed by atoms with Crippen molar-refractivity contribution < 1.29 is 23.8 Å². The summed E-state index contributed by atoms with van der Waals surface area (Å²) in [6, 6.07) is 23.9. The Bertz CT molecular complexity index is 1180. The molecule has 0 radical (unpaired) electrons. The van der Waals surface area contributed by atoms with Crippen molar-refractivity contribution in [1.82, 2.24) is 0 Å². The second-order valence-electron chi connectivity index (χ2n) is 6.74. The van der Waals surface area contributed by atoms with Crippen LogP contribution in [0.4, 0.5) is 0 Å². The van der Waals surface area contributed by atoms with Gasteiger partial charge in [0.15, 0.2) is 11.5 Å². The molecule has 0 saturated carbocycles. The van der Waals surface area contributed by atoms with Gasteiger partial charge >= 0.3 is 8.25 Å². The summed E-state index contributed by atoms with van der Waals surface area (Å²) >= 11 is 12.3. The number of halogens is 2. The predicted molar refractivity (Wildman–Crippen MR) is 126 cm³/mol. The molecule has 0 spiro atoms. The van der Waals surface area contributed by atoms with Crippen molar-refractivity contribution in [1.29, 1.82) is 0 Å². The quantitative estimate of drug-likeness (QED) is 0.272. The number of hydrogen-bond acceptors (Lipinski definition) is 5. The lowest BCUT2D eigenvalue weighted by Crippen LogP contribution is -1.92. The van der Waals surface area contributed by atoms with Crippen molar-refractivity contribution in [3.05, 3.63) is 95.0 Å². The van der Waals surface area contributed by atoms with Gasteiger partial charge in [0, 0.05) is 37.9 Å². The summed E-state index contributed by atoms with van der Waals surface area (Å²) in [4.78, 5) is 0. The molecular formula is C24H16Cl2O5P+. The average Bonchev–Trinajstić information content (AvgIpc) is 2.79. The summed E-state index contributed by atoms with van der Waals surface area (Å²) in [6.45, 7) is 0. The maximum absolute atomic E-state index is 12.6. The predicted octanol–water partition coefficient (Wildman–Crippen LogP) is 7.85. The molecule has 0 aliphatic heterocycles. The van der Waals surface area contributed by atoms with Crippen LogP contribution in [0.1, 0.15) is 0 Å². The van der Waals surface area contributed by atoms with Gasteiger partial charge in [0.25, 0.3) is 0 Å². The first kappa shape index (κ1) is 22.0. The molecule has 5 nitrogen and oxygen atoms in total. The van der Waals surface area contributed by atoms with Crippen LogP contribution in [0, 0.1) is 0 Å². The molecule has 4 rings (SSSR count). The molecule has 0 aliphatic carbocycles. The first-order chi connectivity index (χ1) is 15.4. The van der Waals surface area contributed by atoms with Crippen molar-refractivity contribution in [2.24, 2.45) is 0 Å². The number of aromatic hydroxyl groups is 2. The van der Waals surface area contributed by atoms with Crippen LogP contribution in [0.15, 0.2) is 84.9 Å². The second kappa shape index (κ2) is 9.49. The molecular weight excluding hydrogens is 470 g/mol. The van der Waals surface area contributed by atoms with Gasteiger partial charge in [-0.15, -0.1) is 0 Å². The van der Waals surface area contributed by atoms with Gasteiger partial charge < -0.3 is 10.2 Å². The van der Waals surface area contributed by atoms with Crippen LogP contribution < -0.4 is 9.05 Å². The zero-order valence-corrected chi connectivity index (χ0v) is 18.8. The molecule has 0 fully saturated rings. The molecule has 32 heavy (non-hydrogen) atoms. The van der Waals surface area contributed by atoms with Crippen molar-refractivity contribution >= 4 is 31.5 Å². The SMILES string of the molecule is O=[P+](Oc1cc(Cl)cc(-c2ccccc2)c1O)Oc1cc(Cl)cc(-c2ccccc2)c1O. The molecule has 0 aromatic heterocycles. The number of phenolic OH excluding ortho intramolecular Hbond substituents is 2. The Morgan fingerprint density at radius 1 is 0.625 bits per heavy atom. The second-order valence-corrected chi connectivity index (χ2v) is 8.42. The molecule has 2 N–H and O–H groups in total. The van der Waals surface area contributed by atoms with Gasteiger partial charge in [-0.1, -0.05) is 83.9 Å². The minimum atomic E-state index is -2.84. The topological polar surface area (TPSA) is 76.0 Å². The van der Waals surface area contributed by atoms with E-state index in [2.05, 4.69) is 0 Å². The Balaban J connectivity index is 1.62. The van der Waals surface area contributed by atoms with Gasteiger partial charge in [-0.25, -0.2) is 9.05 Å². The van der Waals surface area contributed by atoms with E-state index in [0.29, 0.717) is 22.3 Å². The number of rotatable bonds is 6. The zero-order valence-electron chi connectivity index (χ0n) is 16.4. The van der Waals surface area contributed by atoms with Crippen LogP contribution in [0.3, 0.4) is 0 Å². The van der Waals surface area contributed by atoms with Gasteiger partial charge in [-0.3, -0.25) is 0 Å². The lowest BCUT2D eigenvalue weighted by Gasteiger charge is -2.08. The largest absolute Gasteiger partial charge is 0.805 e. The highest BCUT2D eigenvalue weighted by atomic mass is 35.5. The van der Waals surface area contributed by atoms with Gasteiger partial charge in [0.1, 0.15) is 0 Å². The fourth-order valence-electron chi connectivity index (χ4n) is 3.14. The lowest BCUT2D eigenvalue weighted by molar-refractivity contribution is 0.381. The first-order valence-electron chi connectivity index (χ1n) is 9.41. The lowest BCUT2D eigenvalue weighted by atomic mass is 10.0. The summed E-state index contributed by atoms with van der Waals surface area (Å²) in [6.07, 6.45) is 0. The first-order valence-corrected chi connectivity index (χ1v) is 11.3. The summed E-state index contributed by atoms with van der Waals surface area (Å²) in [5.41, 5.74) is 2.23. The van der Waals surface area contributed by atoms with Crippen LogP contribution in [0.2, 0.25) is 10.0 Å². The summed E-state index contributed by atoms with van der Waals surface area (Å²) in [5, 5.41) is 21.8. The average molecular weight is 486 g/mol. The fourth-order valence-corrected chi connectivity index (χ4v) is 4.20. The fraction of sp³-hybridized carbons (Fsp3) is 0. The number of hydrogen-bond donors (Lipinski definition) is 2. The Hall–Kier alpha value is -3.24. The minimum absolute atomic E-state index is 0.123. The maximum atomic E-state index is 12.6. The summed E-state index contributed by atoms with van der Waals surface area (Å²) in [7, 11) is -2.84. The van der Waals surface area contributed by atoms with Crippen LogP contribution >= 0.6 is 31.5 Å².